The summed E-state index contributed by atoms with van der Waals surface area (Å²) in [5, 5.41) is 14.4. The highest BCUT2D eigenvalue weighted by Crippen LogP contribution is 2.42. The number of amides is 1. The summed E-state index contributed by atoms with van der Waals surface area (Å²) in [4.78, 5) is 25.6. The molecular weight excluding hydrogens is 557 g/mol. The van der Waals surface area contributed by atoms with Crippen molar-refractivity contribution in [3.05, 3.63) is 114 Å². The molecule has 7 rings (SSSR count). The summed E-state index contributed by atoms with van der Waals surface area (Å²) in [7, 11) is 1.64. The number of aromatic amines is 1. The lowest BCUT2D eigenvalue weighted by Crippen LogP contribution is -2.39. The van der Waals surface area contributed by atoms with Gasteiger partial charge in [0.15, 0.2) is 0 Å². The van der Waals surface area contributed by atoms with Crippen molar-refractivity contribution in [1.29, 1.82) is 0 Å². The summed E-state index contributed by atoms with van der Waals surface area (Å²) in [6, 6.07) is 19.6. The molecule has 0 radical (unpaired) electrons. The number of rotatable bonds is 8. The number of fused-ring (bicyclic) bond motifs is 4. The number of aliphatic hydroxyl groups is 1. The van der Waals surface area contributed by atoms with E-state index in [2.05, 4.69) is 24.8 Å². The molecule has 1 unspecified atom stereocenters. The first-order chi connectivity index (χ1) is 21.5. The molecule has 220 valence electrons. The number of aromatic nitrogens is 4. The lowest BCUT2D eigenvalue weighted by molar-refractivity contribution is 0.0917. The Balaban J connectivity index is 1.31. The Kier molecular flexibility index (Phi) is 7.15. The van der Waals surface area contributed by atoms with E-state index in [4.69, 9.17) is 4.74 Å². The van der Waals surface area contributed by atoms with Crippen LogP contribution >= 0.6 is 0 Å². The molecule has 1 amide bonds. The first kappa shape index (κ1) is 27.5. The van der Waals surface area contributed by atoms with E-state index in [1.807, 2.05) is 54.7 Å². The van der Waals surface area contributed by atoms with Gasteiger partial charge in [-0.2, -0.15) is 0 Å². The Morgan fingerprint density at radius 2 is 1.91 bits per heavy atom. The highest BCUT2D eigenvalue weighted by atomic mass is 19.1. The van der Waals surface area contributed by atoms with Gasteiger partial charge in [0.1, 0.15) is 17.9 Å². The molecule has 8 nitrogen and oxygen atoms in total. The number of hydrogen-bond acceptors (Lipinski definition) is 5. The number of carbonyl (C=O) groups excluding carboxylic acids is 1. The molecule has 0 aliphatic carbocycles. The molecule has 9 heteroatoms. The van der Waals surface area contributed by atoms with E-state index in [1.165, 1.54) is 18.5 Å². The topological polar surface area (TPSA) is 105 Å². The monoisotopic (exact) mass is 587 g/mol. The quantitative estimate of drug-likeness (QED) is 0.209. The molecular formula is C35H30FN5O3. The molecule has 0 spiro atoms. The van der Waals surface area contributed by atoms with Gasteiger partial charge in [0, 0.05) is 64.0 Å². The van der Waals surface area contributed by atoms with Crippen LogP contribution in [-0.2, 0) is 19.4 Å². The van der Waals surface area contributed by atoms with Crippen molar-refractivity contribution in [3.63, 3.8) is 0 Å². The molecule has 0 saturated heterocycles. The first-order valence-electron chi connectivity index (χ1n) is 14.5. The molecule has 1 atom stereocenters. The lowest BCUT2D eigenvalue weighted by atomic mass is 9.93. The third-order valence-electron chi connectivity index (χ3n) is 8.31. The fourth-order valence-electron chi connectivity index (χ4n) is 6.25. The number of ether oxygens (including phenoxy) is 1. The zero-order valence-corrected chi connectivity index (χ0v) is 24.0. The summed E-state index contributed by atoms with van der Waals surface area (Å²) in [5.41, 5.74) is 8.16. The van der Waals surface area contributed by atoms with Crippen LogP contribution in [0.15, 0.2) is 91.6 Å². The minimum absolute atomic E-state index is 0.237. The first-order valence-corrected chi connectivity index (χ1v) is 14.5. The summed E-state index contributed by atoms with van der Waals surface area (Å²) in [6.45, 7) is 0.358. The highest BCUT2D eigenvalue weighted by Gasteiger charge is 2.29. The number of para-hydroxylation sites is 1. The maximum Gasteiger partial charge on any atom is 0.253 e. The zero-order chi connectivity index (χ0) is 30.2. The fourth-order valence-corrected chi connectivity index (χ4v) is 6.25. The molecule has 4 heterocycles. The van der Waals surface area contributed by atoms with E-state index in [9.17, 15) is 14.3 Å². The lowest BCUT2D eigenvalue weighted by Gasteiger charge is -2.24. The largest absolute Gasteiger partial charge is 0.496 e. The van der Waals surface area contributed by atoms with E-state index in [0.29, 0.717) is 42.0 Å². The smallest absolute Gasteiger partial charge is 0.253 e. The summed E-state index contributed by atoms with van der Waals surface area (Å²) in [5.74, 6) is -0.00831. The number of nitrogens with one attached hydrogen (secondary N) is 2. The summed E-state index contributed by atoms with van der Waals surface area (Å²) >= 11 is 0. The Bertz CT molecular complexity index is 2000. The van der Waals surface area contributed by atoms with Gasteiger partial charge in [0.25, 0.3) is 5.91 Å². The van der Waals surface area contributed by atoms with Crippen molar-refractivity contribution in [2.24, 2.45) is 0 Å². The number of benzene rings is 3. The number of aliphatic hydroxyl groups excluding tert-OH is 1. The van der Waals surface area contributed by atoms with Crippen LogP contribution in [0.3, 0.4) is 0 Å². The Morgan fingerprint density at radius 1 is 1.07 bits per heavy atom. The molecule has 0 bridgehead atoms. The van der Waals surface area contributed by atoms with E-state index in [1.54, 1.807) is 25.6 Å². The van der Waals surface area contributed by atoms with Gasteiger partial charge in [0.2, 0.25) is 0 Å². The predicted octanol–water partition coefficient (Wildman–Crippen LogP) is 5.80. The van der Waals surface area contributed by atoms with E-state index >= 15 is 0 Å². The molecule has 6 aromatic rings. The van der Waals surface area contributed by atoms with Crippen molar-refractivity contribution >= 4 is 16.8 Å². The second kappa shape index (κ2) is 11.4. The predicted molar refractivity (Wildman–Crippen MR) is 167 cm³/mol. The number of hydrogen-bond donors (Lipinski definition) is 3. The van der Waals surface area contributed by atoms with Crippen molar-refractivity contribution in [2.75, 3.05) is 13.7 Å². The molecule has 1 aliphatic rings. The van der Waals surface area contributed by atoms with Gasteiger partial charge < -0.3 is 24.7 Å². The zero-order valence-electron chi connectivity index (χ0n) is 24.0. The van der Waals surface area contributed by atoms with Crippen molar-refractivity contribution in [2.45, 2.75) is 25.4 Å². The number of nitrogens with zero attached hydrogens (tertiary/aromatic N) is 3. The molecule has 44 heavy (non-hydrogen) atoms. The van der Waals surface area contributed by atoms with Crippen LogP contribution in [0.1, 0.15) is 21.5 Å². The van der Waals surface area contributed by atoms with Gasteiger partial charge in [-0.3, -0.25) is 4.79 Å². The summed E-state index contributed by atoms with van der Waals surface area (Å²) < 4.78 is 22.3. The second-order valence-corrected chi connectivity index (χ2v) is 11.0. The van der Waals surface area contributed by atoms with Crippen LogP contribution in [0.25, 0.3) is 44.5 Å². The second-order valence-electron chi connectivity index (χ2n) is 11.0. The third-order valence-corrected chi connectivity index (χ3v) is 8.31. The average molecular weight is 588 g/mol. The Hall–Kier alpha value is -5.28. The third kappa shape index (κ3) is 4.91. The Labute approximate surface area is 253 Å². The van der Waals surface area contributed by atoms with Crippen LogP contribution in [0.5, 0.6) is 5.75 Å². The van der Waals surface area contributed by atoms with Gasteiger partial charge in [-0.15, -0.1) is 0 Å². The summed E-state index contributed by atoms with van der Waals surface area (Å²) in [6.07, 6.45) is 8.00. The minimum atomic E-state index is -0.528. The van der Waals surface area contributed by atoms with Crippen molar-refractivity contribution in [1.82, 2.24) is 24.8 Å². The minimum Gasteiger partial charge on any atom is -0.496 e. The number of carbonyl (C=O) groups is 1. The normalized spacial score (nSPS) is 12.9. The van der Waals surface area contributed by atoms with E-state index in [0.717, 1.165) is 44.4 Å². The van der Waals surface area contributed by atoms with Gasteiger partial charge in [0.05, 0.1) is 31.0 Å². The van der Waals surface area contributed by atoms with Crippen LogP contribution in [0, 0.1) is 5.82 Å². The molecule has 0 saturated carbocycles. The number of halogens is 1. The maximum absolute atomic E-state index is 14.5. The van der Waals surface area contributed by atoms with E-state index in [-0.39, 0.29) is 18.3 Å². The molecule has 1 aliphatic heterocycles. The molecule has 0 fully saturated rings. The standard InChI is InChI=1S/C35H30FN5O3/c1-44-33-13-21-9-10-41-32(28(21)14-29(33)24-16-37-20-38-17-24)15-30(34(41)22-5-4-6-25(36)11-22)35(43)40-26(19-42)12-23-18-39-31-8-3-2-7-27(23)31/h2-8,11,13-18,20,26,39,42H,9-10,12,19H2,1H3,(H,40,43). The van der Waals surface area contributed by atoms with Gasteiger partial charge in [-0.25, -0.2) is 14.4 Å². The average Bonchev–Trinajstić information content (AvgIpc) is 3.66. The van der Waals surface area contributed by atoms with Crippen LogP contribution in [-0.4, -0.2) is 50.3 Å². The van der Waals surface area contributed by atoms with Crippen LogP contribution in [0.4, 0.5) is 4.39 Å². The molecule has 3 aromatic carbocycles. The molecule has 3 aromatic heterocycles. The SMILES string of the molecule is COc1cc2c(cc1-c1cncnc1)-c1cc(C(=O)NC(CO)Cc3c[nH]c4ccccc34)c(-c3cccc(F)c3)n1CC2. The molecule has 3 N–H and O–H groups in total. The Morgan fingerprint density at radius 3 is 2.70 bits per heavy atom. The van der Waals surface area contributed by atoms with Gasteiger partial charge in [-0.1, -0.05) is 30.3 Å². The van der Waals surface area contributed by atoms with E-state index < -0.39 is 6.04 Å². The van der Waals surface area contributed by atoms with Crippen LogP contribution < -0.4 is 10.1 Å². The number of H-pyrrole nitrogens is 1. The number of methoxy groups -OCH3 is 1. The number of aryl methyl sites for hydroxylation is 1. The van der Waals surface area contributed by atoms with Crippen molar-refractivity contribution < 1.29 is 19.0 Å². The fraction of sp³-hybridized carbons (Fsp3) is 0.171. The van der Waals surface area contributed by atoms with Gasteiger partial charge >= 0.3 is 0 Å². The maximum atomic E-state index is 14.5. The van der Waals surface area contributed by atoms with Crippen LogP contribution in [0.2, 0.25) is 0 Å². The van der Waals surface area contributed by atoms with Gasteiger partial charge in [-0.05, 0) is 60.4 Å². The highest BCUT2D eigenvalue weighted by molar-refractivity contribution is 6.03. The van der Waals surface area contributed by atoms with Crippen molar-refractivity contribution in [3.8, 4) is 39.4 Å².